The number of aromatic nitrogens is 3. The molecule has 2 aliphatic heterocycles. The molecule has 7 rings (SSSR count). The van der Waals surface area contributed by atoms with E-state index < -0.39 is 0 Å². The molecule has 28 heavy (non-hydrogen) atoms. The van der Waals surface area contributed by atoms with Crippen LogP contribution in [0.1, 0.15) is 25.8 Å². The van der Waals surface area contributed by atoms with Gasteiger partial charge in [0, 0.05) is 22.7 Å². The second-order valence-corrected chi connectivity index (χ2v) is 8.53. The molecule has 136 valence electrons. The van der Waals surface area contributed by atoms with Crippen molar-refractivity contribution in [2.45, 2.75) is 31.8 Å². The molecule has 2 aromatic heterocycles. The quantitative estimate of drug-likeness (QED) is 0.595. The number of allylic oxidation sites excluding steroid dienone is 1. The van der Waals surface area contributed by atoms with Crippen molar-refractivity contribution in [3.63, 3.8) is 0 Å². The predicted octanol–water partition coefficient (Wildman–Crippen LogP) is 4.48. The molecule has 0 bridgehead atoms. The maximum Gasteiger partial charge on any atom is 0.162 e. The molecule has 2 aliphatic carbocycles. The summed E-state index contributed by atoms with van der Waals surface area (Å²) in [5.41, 5.74) is 8.18. The van der Waals surface area contributed by atoms with Gasteiger partial charge in [0.05, 0.1) is 18.1 Å². The maximum absolute atomic E-state index is 4.72. The van der Waals surface area contributed by atoms with Gasteiger partial charge in [-0.2, -0.15) is 0 Å². The zero-order valence-electron chi connectivity index (χ0n) is 15.8. The fourth-order valence-electron chi connectivity index (χ4n) is 6.20. The van der Waals surface area contributed by atoms with E-state index in [1.807, 2.05) is 24.7 Å². The number of fused-ring (bicyclic) bond motifs is 10. The van der Waals surface area contributed by atoms with E-state index in [1.54, 1.807) is 17.5 Å². The Kier molecular flexibility index (Phi) is 2.34. The highest BCUT2D eigenvalue weighted by Gasteiger charge is 2.75. The highest BCUT2D eigenvalue weighted by atomic mass is 15.5. The van der Waals surface area contributed by atoms with Crippen LogP contribution >= 0.6 is 0 Å². The van der Waals surface area contributed by atoms with Crippen LogP contribution in [-0.2, 0) is 5.41 Å². The Balaban J connectivity index is 1.58. The van der Waals surface area contributed by atoms with Crippen molar-refractivity contribution < 1.29 is 0 Å². The maximum atomic E-state index is 4.72. The molecule has 5 nitrogen and oxygen atoms in total. The number of hydrogen-bond acceptors (Lipinski definition) is 5. The lowest BCUT2D eigenvalue weighted by molar-refractivity contribution is 0.174. The standard InChI is InChI=1S/C23H19N5/c1-22-15-7-3-4-8-18(15)28-19-12-25-13-26-20(19)27(14-6-5-9-24-11-14)21(28)23(22,2)17-10-16(17)22/h3-9,11-13,21H,10H2,1-2H3. The van der Waals surface area contributed by atoms with Crippen LogP contribution in [0.2, 0.25) is 0 Å². The van der Waals surface area contributed by atoms with Crippen molar-refractivity contribution in [2.75, 3.05) is 9.80 Å². The van der Waals surface area contributed by atoms with Crippen LogP contribution in [0.5, 0.6) is 0 Å². The number of rotatable bonds is 1. The van der Waals surface area contributed by atoms with Crippen LogP contribution in [0.25, 0.3) is 0 Å². The molecule has 4 aliphatic rings. The van der Waals surface area contributed by atoms with Gasteiger partial charge >= 0.3 is 0 Å². The molecule has 0 radical (unpaired) electrons. The van der Waals surface area contributed by atoms with E-state index in [-0.39, 0.29) is 17.0 Å². The first-order valence-corrected chi connectivity index (χ1v) is 9.78. The van der Waals surface area contributed by atoms with E-state index >= 15 is 0 Å². The molecule has 0 N–H and O–H groups in total. The molecule has 5 heteroatoms. The summed E-state index contributed by atoms with van der Waals surface area (Å²) in [6.45, 7) is 4.88. The fraction of sp³-hybridized carbons (Fsp3) is 0.261. The minimum Gasteiger partial charge on any atom is -0.314 e. The van der Waals surface area contributed by atoms with E-state index in [0.717, 1.165) is 23.6 Å². The topological polar surface area (TPSA) is 45.2 Å². The molecular weight excluding hydrogens is 346 g/mol. The van der Waals surface area contributed by atoms with E-state index in [4.69, 9.17) is 4.98 Å². The fourth-order valence-corrected chi connectivity index (χ4v) is 6.20. The highest BCUT2D eigenvalue weighted by molar-refractivity contribution is 5.91. The van der Waals surface area contributed by atoms with Gasteiger partial charge in [-0.15, -0.1) is 0 Å². The average Bonchev–Trinajstić information content (AvgIpc) is 3.45. The van der Waals surface area contributed by atoms with E-state index in [0.29, 0.717) is 0 Å². The van der Waals surface area contributed by atoms with E-state index in [9.17, 15) is 0 Å². The largest absolute Gasteiger partial charge is 0.314 e. The van der Waals surface area contributed by atoms with Gasteiger partial charge < -0.3 is 9.80 Å². The number of para-hydroxylation sites is 1. The first kappa shape index (κ1) is 14.8. The highest BCUT2D eigenvalue weighted by Crippen LogP contribution is 2.79. The van der Waals surface area contributed by atoms with Gasteiger partial charge in [-0.05, 0) is 30.2 Å². The summed E-state index contributed by atoms with van der Waals surface area (Å²) in [5.74, 6) is 0.961. The normalized spacial score (nSPS) is 30.7. The first-order chi connectivity index (χ1) is 13.7. The van der Waals surface area contributed by atoms with E-state index in [2.05, 4.69) is 63.9 Å². The summed E-state index contributed by atoms with van der Waals surface area (Å²) in [6.07, 6.45) is 8.66. The van der Waals surface area contributed by atoms with Gasteiger partial charge in [-0.25, -0.2) is 9.97 Å². The van der Waals surface area contributed by atoms with Crippen LogP contribution in [-0.4, -0.2) is 21.1 Å². The second-order valence-electron chi connectivity index (χ2n) is 8.53. The average molecular weight is 365 g/mol. The van der Waals surface area contributed by atoms with Crippen molar-refractivity contribution >= 4 is 22.9 Å². The minimum absolute atomic E-state index is 0.0211. The van der Waals surface area contributed by atoms with Gasteiger partial charge in [-0.1, -0.05) is 43.2 Å². The zero-order chi connectivity index (χ0) is 18.7. The number of pyridine rings is 1. The Labute approximate surface area is 163 Å². The zero-order valence-corrected chi connectivity index (χ0v) is 15.8. The molecule has 0 fully saturated rings. The lowest BCUT2D eigenvalue weighted by atomic mass is 9.50. The SMILES string of the molecule is CC12C3=C(C3)C1(C)C1N(c3ccccc32)c2cncnc2N1c1cccnc1. The lowest BCUT2D eigenvalue weighted by Gasteiger charge is -2.60. The molecule has 3 unspecified atom stereocenters. The van der Waals surface area contributed by atoms with Crippen molar-refractivity contribution in [3.05, 3.63) is 78.0 Å². The lowest BCUT2D eigenvalue weighted by Crippen LogP contribution is -2.64. The Morgan fingerprint density at radius 3 is 2.68 bits per heavy atom. The summed E-state index contributed by atoms with van der Waals surface area (Å²) in [5, 5.41) is 0. The molecule has 0 saturated carbocycles. The number of nitrogens with zero attached hydrogens (tertiary/aromatic N) is 5. The van der Waals surface area contributed by atoms with Crippen LogP contribution in [0.3, 0.4) is 0 Å². The van der Waals surface area contributed by atoms with Crippen LogP contribution < -0.4 is 9.80 Å². The predicted molar refractivity (Wildman–Crippen MR) is 108 cm³/mol. The Hall–Kier alpha value is -3.21. The molecule has 3 aromatic rings. The molecule has 0 amide bonds. The third kappa shape index (κ3) is 1.34. The summed E-state index contributed by atoms with van der Waals surface area (Å²) in [6, 6.07) is 13.0. The molecule has 4 heterocycles. The second kappa shape index (κ2) is 4.43. The van der Waals surface area contributed by atoms with Crippen molar-refractivity contribution in [1.82, 2.24) is 15.0 Å². The minimum atomic E-state index is 0.0211. The molecular formula is C23H19N5. The van der Waals surface area contributed by atoms with Gasteiger partial charge in [-0.3, -0.25) is 4.98 Å². The number of benzene rings is 1. The van der Waals surface area contributed by atoms with E-state index in [1.165, 1.54) is 11.3 Å². The Bertz CT molecular complexity index is 1200. The summed E-state index contributed by atoms with van der Waals surface area (Å²) in [7, 11) is 0. The summed E-state index contributed by atoms with van der Waals surface area (Å²) in [4.78, 5) is 18.3. The van der Waals surface area contributed by atoms with Gasteiger partial charge in [0.15, 0.2) is 5.82 Å². The monoisotopic (exact) mass is 365 g/mol. The number of hydrogen-bond donors (Lipinski definition) is 0. The van der Waals surface area contributed by atoms with Crippen molar-refractivity contribution in [1.29, 1.82) is 0 Å². The smallest absolute Gasteiger partial charge is 0.162 e. The Morgan fingerprint density at radius 1 is 0.929 bits per heavy atom. The van der Waals surface area contributed by atoms with Crippen molar-refractivity contribution in [2.24, 2.45) is 5.41 Å². The third-order valence-corrected chi connectivity index (χ3v) is 7.65. The summed E-state index contributed by atoms with van der Waals surface area (Å²) < 4.78 is 0. The van der Waals surface area contributed by atoms with Gasteiger partial charge in [0.1, 0.15) is 18.2 Å². The molecule has 1 aromatic carbocycles. The first-order valence-electron chi connectivity index (χ1n) is 9.78. The van der Waals surface area contributed by atoms with Crippen LogP contribution in [0.15, 0.2) is 72.5 Å². The van der Waals surface area contributed by atoms with Crippen molar-refractivity contribution in [3.8, 4) is 0 Å². The van der Waals surface area contributed by atoms with Gasteiger partial charge in [0.2, 0.25) is 0 Å². The van der Waals surface area contributed by atoms with Gasteiger partial charge in [0.25, 0.3) is 0 Å². The molecule has 3 atom stereocenters. The molecule has 0 saturated heterocycles. The van der Waals surface area contributed by atoms with Crippen LogP contribution in [0.4, 0.5) is 22.9 Å². The molecule has 0 spiro atoms. The van der Waals surface area contributed by atoms with Crippen LogP contribution in [0, 0.1) is 5.41 Å². The third-order valence-electron chi connectivity index (χ3n) is 7.65. The summed E-state index contributed by atoms with van der Waals surface area (Å²) >= 11 is 0. The number of anilines is 4. The Morgan fingerprint density at radius 2 is 1.82 bits per heavy atom.